The van der Waals surface area contributed by atoms with E-state index >= 15 is 0 Å². The molecular weight excluding hydrogens is 305 g/mol. The predicted octanol–water partition coefficient (Wildman–Crippen LogP) is 4.89. The second-order valence-corrected chi connectivity index (χ2v) is 6.71. The van der Waals surface area contributed by atoms with Crippen molar-refractivity contribution in [3.05, 3.63) is 34.1 Å². The summed E-state index contributed by atoms with van der Waals surface area (Å²) in [5, 5.41) is 3.43. The second kappa shape index (κ2) is 7.39. The summed E-state index contributed by atoms with van der Waals surface area (Å²) in [6, 6.07) is 5.33. The molecule has 0 saturated heterocycles. The van der Waals surface area contributed by atoms with E-state index in [1.807, 2.05) is 6.07 Å². The molecule has 0 aliphatic heterocycles. The van der Waals surface area contributed by atoms with E-state index in [9.17, 15) is 4.39 Å². The van der Waals surface area contributed by atoms with Crippen molar-refractivity contribution in [1.29, 1.82) is 0 Å². The Labute approximate surface area is 124 Å². The van der Waals surface area contributed by atoms with Crippen molar-refractivity contribution in [1.82, 2.24) is 5.32 Å². The Balaban J connectivity index is 1.67. The quantitative estimate of drug-likeness (QED) is 0.759. The molecule has 1 nitrogen and oxygen atoms in total. The highest BCUT2D eigenvalue weighted by molar-refractivity contribution is 9.10. The molecule has 1 aliphatic carbocycles. The molecule has 1 fully saturated rings. The van der Waals surface area contributed by atoms with Crippen molar-refractivity contribution in [2.45, 2.75) is 45.6 Å². The van der Waals surface area contributed by atoms with Crippen LogP contribution in [0.2, 0.25) is 0 Å². The van der Waals surface area contributed by atoms with Gasteiger partial charge in [0.15, 0.2) is 0 Å². The van der Waals surface area contributed by atoms with Gasteiger partial charge in [-0.05, 0) is 64.8 Å². The Morgan fingerprint density at radius 3 is 2.95 bits per heavy atom. The van der Waals surface area contributed by atoms with E-state index in [2.05, 4.69) is 28.2 Å². The first-order chi connectivity index (χ1) is 9.15. The first kappa shape index (κ1) is 15.0. The molecule has 3 heteroatoms. The summed E-state index contributed by atoms with van der Waals surface area (Å²) in [4.78, 5) is 0. The molecule has 0 heterocycles. The van der Waals surface area contributed by atoms with E-state index in [1.165, 1.54) is 32.1 Å². The smallest absolute Gasteiger partial charge is 0.137 e. The van der Waals surface area contributed by atoms with Gasteiger partial charge in [0.25, 0.3) is 0 Å². The van der Waals surface area contributed by atoms with Crippen LogP contribution in [0.1, 0.15) is 44.6 Å². The number of nitrogens with one attached hydrogen (secondary N) is 1. The molecule has 0 bridgehead atoms. The molecule has 1 N–H and O–H groups in total. The summed E-state index contributed by atoms with van der Waals surface area (Å²) in [6.07, 6.45) is 6.82. The monoisotopic (exact) mass is 327 g/mol. The summed E-state index contributed by atoms with van der Waals surface area (Å²) in [5.41, 5.74) is 1.01. The van der Waals surface area contributed by atoms with Crippen molar-refractivity contribution in [3.8, 4) is 0 Å². The second-order valence-electron chi connectivity index (χ2n) is 5.85. The van der Waals surface area contributed by atoms with Crippen LogP contribution >= 0.6 is 15.9 Å². The Hall–Kier alpha value is -0.410. The van der Waals surface area contributed by atoms with E-state index in [0.29, 0.717) is 4.47 Å². The van der Waals surface area contributed by atoms with Gasteiger partial charge >= 0.3 is 0 Å². The normalized spacial score (nSPS) is 23.5. The van der Waals surface area contributed by atoms with Gasteiger partial charge in [0.05, 0.1) is 4.47 Å². The van der Waals surface area contributed by atoms with Gasteiger partial charge in [0.2, 0.25) is 0 Å². The molecule has 1 saturated carbocycles. The lowest BCUT2D eigenvalue weighted by Gasteiger charge is -2.26. The maximum absolute atomic E-state index is 13.3. The van der Waals surface area contributed by atoms with Gasteiger partial charge in [-0.25, -0.2) is 4.39 Å². The predicted molar refractivity (Wildman–Crippen MR) is 81.5 cm³/mol. The molecular formula is C16H23BrFN. The minimum atomic E-state index is -0.180. The third-order valence-electron chi connectivity index (χ3n) is 4.09. The van der Waals surface area contributed by atoms with Crippen LogP contribution in [0.4, 0.5) is 4.39 Å². The van der Waals surface area contributed by atoms with Crippen LogP contribution in [0.5, 0.6) is 0 Å². The van der Waals surface area contributed by atoms with Gasteiger partial charge in [0, 0.05) is 6.54 Å². The van der Waals surface area contributed by atoms with Crippen molar-refractivity contribution in [2.75, 3.05) is 6.54 Å². The maximum Gasteiger partial charge on any atom is 0.137 e. The van der Waals surface area contributed by atoms with Crippen LogP contribution in [0.15, 0.2) is 22.7 Å². The third-order valence-corrected chi connectivity index (χ3v) is 4.73. The fourth-order valence-electron chi connectivity index (χ4n) is 3.01. The molecule has 2 rings (SSSR count). The van der Waals surface area contributed by atoms with E-state index in [4.69, 9.17) is 0 Å². The first-order valence-corrected chi connectivity index (χ1v) is 8.09. The lowest BCUT2D eigenvalue weighted by molar-refractivity contribution is 0.267. The molecule has 2 atom stereocenters. The average molecular weight is 328 g/mol. The minimum Gasteiger partial charge on any atom is -0.313 e. The molecule has 0 spiro atoms. The van der Waals surface area contributed by atoms with Gasteiger partial charge in [-0.3, -0.25) is 0 Å². The van der Waals surface area contributed by atoms with Gasteiger partial charge in [-0.2, -0.15) is 0 Å². The maximum atomic E-state index is 13.3. The fraction of sp³-hybridized carbons (Fsp3) is 0.625. The van der Waals surface area contributed by atoms with Crippen LogP contribution in [-0.2, 0) is 6.54 Å². The first-order valence-electron chi connectivity index (χ1n) is 7.30. The summed E-state index contributed by atoms with van der Waals surface area (Å²) in [7, 11) is 0. The Kier molecular flexibility index (Phi) is 5.83. The Morgan fingerprint density at radius 2 is 2.21 bits per heavy atom. The average Bonchev–Trinajstić information content (AvgIpc) is 2.39. The molecule has 1 aromatic rings. The number of benzene rings is 1. The van der Waals surface area contributed by atoms with Crippen molar-refractivity contribution in [2.24, 2.45) is 11.8 Å². The zero-order valence-corrected chi connectivity index (χ0v) is 13.2. The zero-order valence-electron chi connectivity index (χ0n) is 11.6. The van der Waals surface area contributed by atoms with E-state index in [-0.39, 0.29) is 5.82 Å². The lowest BCUT2D eigenvalue weighted by atomic mass is 9.81. The molecule has 19 heavy (non-hydrogen) atoms. The number of halogens is 2. The third kappa shape index (κ3) is 4.88. The van der Waals surface area contributed by atoms with Crippen LogP contribution in [0.25, 0.3) is 0 Å². The topological polar surface area (TPSA) is 12.0 Å². The summed E-state index contributed by atoms with van der Waals surface area (Å²) in [6.45, 7) is 4.16. The Morgan fingerprint density at radius 1 is 1.37 bits per heavy atom. The van der Waals surface area contributed by atoms with Crippen molar-refractivity contribution in [3.63, 3.8) is 0 Å². The number of hydrogen-bond donors (Lipinski definition) is 1. The summed E-state index contributed by atoms with van der Waals surface area (Å²) in [5.74, 6) is 1.61. The number of hydrogen-bond acceptors (Lipinski definition) is 1. The summed E-state index contributed by atoms with van der Waals surface area (Å²) >= 11 is 3.17. The molecule has 1 aromatic carbocycles. The van der Waals surface area contributed by atoms with Gasteiger partial charge in [-0.15, -0.1) is 0 Å². The fourth-order valence-corrected chi connectivity index (χ4v) is 3.26. The van der Waals surface area contributed by atoms with Crippen LogP contribution < -0.4 is 5.32 Å². The van der Waals surface area contributed by atoms with Crippen molar-refractivity contribution >= 4 is 15.9 Å². The van der Waals surface area contributed by atoms with Gasteiger partial charge in [0.1, 0.15) is 5.82 Å². The van der Waals surface area contributed by atoms with E-state index in [1.54, 1.807) is 12.1 Å². The standard InChI is InChI=1S/C16H23BrFN/c1-12-3-2-4-13(9-12)7-8-19-11-14-5-6-15(17)16(18)10-14/h5-6,10,12-13,19H,2-4,7-9,11H2,1H3. The van der Waals surface area contributed by atoms with Gasteiger partial charge < -0.3 is 5.32 Å². The molecule has 0 radical (unpaired) electrons. The van der Waals surface area contributed by atoms with Crippen LogP contribution in [0, 0.1) is 17.7 Å². The van der Waals surface area contributed by atoms with E-state index in [0.717, 1.165) is 30.5 Å². The Bertz CT molecular complexity index is 408. The largest absolute Gasteiger partial charge is 0.313 e. The highest BCUT2D eigenvalue weighted by atomic mass is 79.9. The van der Waals surface area contributed by atoms with Gasteiger partial charge in [-0.1, -0.05) is 32.3 Å². The van der Waals surface area contributed by atoms with Crippen molar-refractivity contribution < 1.29 is 4.39 Å². The molecule has 1 aliphatic rings. The minimum absolute atomic E-state index is 0.180. The van der Waals surface area contributed by atoms with Crippen LogP contribution in [-0.4, -0.2) is 6.54 Å². The molecule has 106 valence electrons. The highest BCUT2D eigenvalue weighted by Crippen LogP contribution is 2.30. The van der Waals surface area contributed by atoms with E-state index < -0.39 is 0 Å². The van der Waals surface area contributed by atoms with Crippen LogP contribution in [0.3, 0.4) is 0 Å². The zero-order chi connectivity index (χ0) is 13.7. The molecule has 0 amide bonds. The number of rotatable bonds is 5. The highest BCUT2D eigenvalue weighted by Gasteiger charge is 2.18. The SMILES string of the molecule is CC1CCCC(CCNCc2ccc(Br)c(F)c2)C1. The summed E-state index contributed by atoms with van der Waals surface area (Å²) < 4.78 is 13.9. The molecule has 0 aromatic heterocycles. The molecule has 2 unspecified atom stereocenters. The lowest BCUT2D eigenvalue weighted by Crippen LogP contribution is -2.21.